The number of nitrogens with zero attached hydrogens (tertiary/aromatic N) is 2. The van der Waals surface area contributed by atoms with Crippen LogP contribution in [0.3, 0.4) is 0 Å². The Morgan fingerprint density at radius 2 is 1.26 bits per heavy atom. The van der Waals surface area contributed by atoms with Gasteiger partial charge < -0.3 is 19.5 Å². The third kappa shape index (κ3) is 6.53. The van der Waals surface area contributed by atoms with E-state index in [2.05, 4.69) is 34.6 Å². The molecule has 2 aliphatic heterocycles. The van der Waals surface area contributed by atoms with Gasteiger partial charge in [-0.1, -0.05) is 27.7 Å². The molecule has 2 atom stereocenters. The lowest BCUT2D eigenvalue weighted by Gasteiger charge is -2.38. The lowest BCUT2D eigenvalue weighted by molar-refractivity contribution is -0.507. The SMILES string of the molecule is CC(C)OP(=O)(OC(C)C)C1(C)CCC=[N+]1[O-].CC(C)P(C(C)C)C1(C)CCC=[N+]1[O-]. The van der Waals surface area contributed by atoms with Crippen molar-refractivity contribution in [3.63, 3.8) is 0 Å². The zero-order valence-electron chi connectivity index (χ0n) is 21.1. The van der Waals surface area contributed by atoms with Crippen LogP contribution in [0.1, 0.15) is 94.9 Å². The fourth-order valence-electron chi connectivity index (χ4n) is 4.54. The fourth-order valence-corrected chi connectivity index (χ4v) is 11.0. The van der Waals surface area contributed by atoms with Gasteiger partial charge in [0.15, 0.2) is 17.7 Å². The minimum Gasteiger partial charge on any atom is -0.623 e. The summed E-state index contributed by atoms with van der Waals surface area (Å²) in [7, 11) is -3.68. The maximum atomic E-state index is 12.9. The van der Waals surface area contributed by atoms with E-state index in [1.807, 2.05) is 6.21 Å². The highest BCUT2D eigenvalue weighted by atomic mass is 31.2. The lowest BCUT2D eigenvalue weighted by Crippen LogP contribution is -2.35. The normalized spacial score (nSPS) is 26.7. The van der Waals surface area contributed by atoms with Gasteiger partial charge in [-0.2, -0.15) is 4.74 Å². The first kappa shape index (κ1) is 28.6. The van der Waals surface area contributed by atoms with Gasteiger partial charge in [-0.25, -0.2) is 4.74 Å². The molecule has 2 heterocycles. The van der Waals surface area contributed by atoms with Gasteiger partial charge in [0.25, 0.3) is 5.28 Å². The topological polar surface area (TPSA) is 87.7 Å². The van der Waals surface area contributed by atoms with Gasteiger partial charge in [-0.3, -0.25) is 4.57 Å². The first-order valence-electron chi connectivity index (χ1n) is 11.5. The molecule has 0 radical (unpaired) electrons. The molecule has 0 saturated carbocycles. The Balaban J connectivity index is 0.000000316. The van der Waals surface area contributed by atoms with E-state index >= 15 is 0 Å². The van der Waals surface area contributed by atoms with Gasteiger partial charge in [0, 0.05) is 39.5 Å². The van der Waals surface area contributed by atoms with Gasteiger partial charge in [-0.05, 0) is 46.9 Å². The molecule has 0 bridgehead atoms. The van der Waals surface area contributed by atoms with Crippen LogP contribution in [-0.2, 0) is 13.6 Å². The molecule has 0 saturated heterocycles. The van der Waals surface area contributed by atoms with Crippen molar-refractivity contribution >= 4 is 27.9 Å². The van der Waals surface area contributed by atoms with Crippen LogP contribution in [0.2, 0.25) is 0 Å². The quantitative estimate of drug-likeness (QED) is 0.226. The van der Waals surface area contributed by atoms with E-state index in [4.69, 9.17) is 9.05 Å². The molecule has 0 aliphatic carbocycles. The zero-order chi connectivity index (χ0) is 24.2. The molecule has 31 heavy (non-hydrogen) atoms. The molecular formula is C22H44N2O5P2. The zero-order valence-corrected chi connectivity index (χ0v) is 22.9. The molecule has 2 rings (SSSR count). The van der Waals surface area contributed by atoms with Crippen molar-refractivity contribution in [3.8, 4) is 0 Å². The van der Waals surface area contributed by atoms with Crippen LogP contribution in [0.15, 0.2) is 0 Å². The van der Waals surface area contributed by atoms with Gasteiger partial charge in [0.2, 0.25) is 0 Å². The van der Waals surface area contributed by atoms with E-state index < -0.39 is 12.9 Å². The summed E-state index contributed by atoms with van der Waals surface area (Å²) >= 11 is 0. The van der Waals surface area contributed by atoms with Crippen LogP contribution < -0.4 is 0 Å². The molecule has 0 aromatic rings. The Labute approximate surface area is 190 Å². The molecule has 0 amide bonds. The second-order valence-corrected chi connectivity index (χ2v) is 16.2. The first-order chi connectivity index (χ1) is 14.1. The first-order valence-corrected chi connectivity index (χ1v) is 14.5. The standard InChI is InChI=1S/C11H22NO4P.C11H22NOP/c1-9(2)15-17(14,16-10(3)4)11(5)7-6-8-12(11)13;1-9(2)14(10(3)4)11(5)7-6-8-12(11)13/h8-10H,6-7H2,1-5H3;8-10H,6-7H2,1-5H3. The Hall–Kier alpha value is -0.480. The summed E-state index contributed by atoms with van der Waals surface area (Å²) in [5.74, 6) is 0. The monoisotopic (exact) mass is 478 g/mol. The van der Waals surface area contributed by atoms with Crippen LogP contribution in [0.4, 0.5) is 0 Å². The van der Waals surface area contributed by atoms with E-state index in [0.29, 0.717) is 24.2 Å². The summed E-state index contributed by atoms with van der Waals surface area (Å²) in [5, 5.41) is 22.5. The second kappa shape index (κ2) is 11.1. The van der Waals surface area contributed by atoms with E-state index in [9.17, 15) is 15.0 Å². The van der Waals surface area contributed by atoms with Crippen LogP contribution in [0, 0.1) is 10.4 Å². The minimum atomic E-state index is -3.47. The number of rotatable bonds is 8. The molecule has 9 heteroatoms. The second-order valence-electron chi connectivity index (χ2n) is 9.93. The molecule has 0 spiro atoms. The fraction of sp³-hybridized carbons (Fsp3) is 0.909. The Bertz CT molecular complexity index is 686. The Morgan fingerprint density at radius 1 is 0.839 bits per heavy atom. The highest BCUT2D eigenvalue weighted by Crippen LogP contribution is 2.64. The van der Waals surface area contributed by atoms with E-state index in [1.54, 1.807) is 34.6 Å². The molecule has 0 N–H and O–H groups in total. The summed E-state index contributed by atoms with van der Waals surface area (Å²) in [4.78, 5) is 0. The van der Waals surface area contributed by atoms with Crippen LogP contribution in [-0.4, -0.2) is 56.0 Å². The minimum absolute atomic E-state index is 0.0995. The maximum Gasteiger partial charge on any atom is 0.402 e. The van der Waals surface area contributed by atoms with Gasteiger partial charge >= 0.3 is 7.60 Å². The molecule has 2 aliphatic rings. The van der Waals surface area contributed by atoms with E-state index in [1.165, 1.54) is 11.0 Å². The molecule has 2 unspecified atom stereocenters. The third-order valence-corrected chi connectivity index (χ3v) is 12.5. The lowest BCUT2D eigenvalue weighted by atomic mass is 10.2. The third-order valence-electron chi connectivity index (χ3n) is 5.73. The molecule has 0 aromatic heterocycles. The maximum absolute atomic E-state index is 12.9. The summed E-state index contributed by atoms with van der Waals surface area (Å²) in [6, 6.07) is 0. The predicted molar refractivity (Wildman–Crippen MR) is 132 cm³/mol. The van der Waals surface area contributed by atoms with Gasteiger partial charge in [0.05, 0.1) is 12.2 Å². The Morgan fingerprint density at radius 3 is 1.55 bits per heavy atom. The molecule has 0 fully saturated rings. The van der Waals surface area contributed by atoms with Crippen LogP contribution in [0.25, 0.3) is 0 Å². The number of hydrogen-bond donors (Lipinski definition) is 0. The number of hydrogen-bond acceptors (Lipinski definition) is 5. The van der Waals surface area contributed by atoms with Crippen molar-refractivity contribution in [2.24, 2.45) is 0 Å². The highest BCUT2D eigenvalue weighted by Gasteiger charge is 2.57. The van der Waals surface area contributed by atoms with Crippen molar-refractivity contribution in [2.75, 3.05) is 0 Å². The smallest absolute Gasteiger partial charge is 0.402 e. The highest BCUT2D eigenvalue weighted by molar-refractivity contribution is 7.60. The molecule has 7 nitrogen and oxygen atoms in total. The van der Waals surface area contributed by atoms with Gasteiger partial charge in [0.1, 0.15) is 0 Å². The Kier molecular flexibility index (Phi) is 10.2. The number of hydroxylamine groups is 2. The van der Waals surface area contributed by atoms with Crippen molar-refractivity contribution < 1.29 is 23.1 Å². The average molecular weight is 479 g/mol. The molecular weight excluding hydrogens is 434 g/mol. The largest absolute Gasteiger partial charge is 0.623 e. The van der Waals surface area contributed by atoms with Crippen molar-refractivity contribution in [3.05, 3.63) is 10.4 Å². The van der Waals surface area contributed by atoms with Crippen molar-refractivity contribution in [2.45, 2.75) is 129 Å². The summed E-state index contributed by atoms with van der Waals surface area (Å²) in [6.45, 7) is 19.9. The van der Waals surface area contributed by atoms with Crippen LogP contribution >= 0.6 is 15.5 Å². The molecule has 0 aromatic carbocycles. The summed E-state index contributed by atoms with van der Waals surface area (Å²) < 4.78 is 25.8. The molecule has 182 valence electrons. The predicted octanol–water partition coefficient (Wildman–Crippen LogP) is 6.50. The average Bonchev–Trinajstić information content (AvgIpc) is 3.09. The van der Waals surface area contributed by atoms with Gasteiger partial charge in [-0.15, -0.1) is 0 Å². The van der Waals surface area contributed by atoms with E-state index in [0.717, 1.165) is 17.6 Å². The van der Waals surface area contributed by atoms with E-state index in [-0.39, 0.29) is 25.4 Å². The van der Waals surface area contributed by atoms with Crippen LogP contribution in [0.5, 0.6) is 0 Å². The van der Waals surface area contributed by atoms with Crippen molar-refractivity contribution in [1.82, 2.24) is 0 Å². The van der Waals surface area contributed by atoms with Crippen molar-refractivity contribution in [1.29, 1.82) is 0 Å². The summed E-state index contributed by atoms with van der Waals surface area (Å²) in [5.41, 5.74) is 1.27. The summed E-state index contributed by atoms with van der Waals surface area (Å²) in [6.07, 6.45) is 5.92.